The standard InChI is InChI=1S/C58H83Cl2IN4O18S/c1-29-25-57(8,75-13)49(81-53-45(67)38(23-30(2)78-53)64(10)55(72)65-17-20-76-21-18-65)32(4)46(80-41-26-56(7,74-12)48(68)34(6)79-41)33(5)51(70)82-54(61)58(9)42(31(3)44(29)66)47(52(71)83-58)84-22-14-19-77-40-24-35(15-16-39(40)73-11)50(69)63-43-36(59)27-62-28-37(43)60/h15-16,24,27-34,38,41-42,45-49,53-54,67-68H,14,17-23,25-26H2,1-13H3,(H,62,63,69)/t29-,30-,31-,32+,33-,34+,38+,41+,42+,45-,46+,47+,48+,49-,53+,54+,56-,57-,58+/m1/s1. The molecular formula is C58H83Cl2IN4O18S. The molecule has 3 amide bonds. The summed E-state index contributed by atoms with van der Waals surface area (Å²) in [6, 6.07) is 3.66. The van der Waals surface area contributed by atoms with Crippen LogP contribution >= 0.6 is 57.6 Å². The number of carbonyl (C=O) groups is 5. The number of halogens is 3. The minimum atomic E-state index is -1.52. The van der Waals surface area contributed by atoms with Crippen molar-refractivity contribution in [2.75, 3.05) is 72.4 Å². The Morgan fingerprint density at radius 3 is 2.21 bits per heavy atom. The summed E-state index contributed by atoms with van der Waals surface area (Å²) < 4.78 is 67.8. The number of amides is 3. The van der Waals surface area contributed by atoms with Gasteiger partial charge in [-0.2, -0.15) is 0 Å². The summed E-state index contributed by atoms with van der Waals surface area (Å²) in [5, 5.41) is 25.7. The topological polar surface area (TPSA) is 259 Å². The molecular weight excluding hydrogens is 1270 g/mol. The van der Waals surface area contributed by atoms with Crippen molar-refractivity contribution in [1.82, 2.24) is 14.8 Å². The highest BCUT2D eigenvalue weighted by Crippen LogP contribution is 2.50. The third kappa shape index (κ3) is 14.8. The number of ether oxygens (including phenoxy) is 11. The van der Waals surface area contributed by atoms with Crippen molar-refractivity contribution in [2.24, 2.45) is 29.6 Å². The van der Waals surface area contributed by atoms with Gasteiger partial charge in [-0.05, 0) is 107 Å². The highest BCUT2D eigenvalue weighted by atomic mass is 127. The fourth-order valence-corrected chi connectivity index (χ4v) is 15.1. The molecule has 470 valence electrons. The molecule has 5 saturated heterocycles. The number of benzene rings is 1. The van der Waals surface area contributed by atoms with Crippen molar-refractivity contribution in [3.05, 3.63) is 46.2 Å². The Balaban J connectivity index is 1.17. The number of fused-ring (bicyclic) bond motifs is 1. The second kappa shape index (κ2) is 28.8. The summed E-state index contributed by atoms with van der Waals surface area (Å²) in [7, 11) is 6.10. The van der Waals surface area contributed by atoms with E-state index in [1.54, 1.807) is 72.5 Å². The van der Waals surface area contributed by atoms with Gasteiger partial charge in [-0.3, -0.25) is 24.2 Å². The number of pyridine rings is 1. The SMILES string of the molecule is COc1ccc(C(=O)Nc2c(Cl)cncc2Cl)cc1OCCCS[C@@H]1C(=O)O[C@@]2(C)[C@H]1[C@@H](C)C(=O)[C@H](C)C[C@@](C)(OC)[C@H](O[C@@H]1O[C@H](C)C[C@H](N(C)C(=O)N3CCOCC3)[C@H]1O)[C@@H](C)[C@H](O[C@H]1C[C@@](C)(OC)[C@@H](O)[C@H](C)O1)[C@@H](C)C(=O)O[C@@H]2I. The number of aromatic nitrogens is 1. The van der Waals surface area contributed by atoms with Crippen LogP contribution in [0.2, 0.25) is 10.0 Å². The summed E-state index contributed by atoms with van der Waals surface area (Å²) in [5.74, 6) is -5.45. The van der Waals surface area contributed by atoms with E-state index >= 15 is 9.59 Å². The maximum absolute atomic E-state index is 15.3. The monoisotopic (exact) mass is 1350 g/mol. The molecule has 5 fully saturated rings. The molecule has 84 heavy (non-hydrogen) atoms. The number of ketones is 1. The molecule has 7 rings (SSSR count). The van der Waals surface area contributed by atoms with Crippen LogP contribution in [0, 0.1) is 29.6 Å². The summed E-state index contributed by atoms with van der Waals surface area (Å²) in [5.41, 5.74) is -3.61. The Labute approximate surface area is 520 Å². The highest BCUT2D eigenvalue weighted by Gasteiger charge is 2.62. The van der Waals surface area contributed by atoms with Crippen molar-refractivity contribution in [2.45, 2.75) is 169 Å². The third-order valence-corrected chi connectivity index (χ3v) is 20.9. The number of hydrogen-bond donors (Lipinski definition) is 3. The molecule has 5 aliphatic rings. The predicted molar refractivity (Wildman–Crippen MR) is 320 cm³/mol. The number of aliphatic hydroxyl groups excluding tert-OH is 2. The van der Waals surface area contributed by atoms with Crippen LogP contribution < -0.4 is 14.8 Å². The molecule has 1 aromatic heterocycles. The minimum absolute atomic E-state index is 0.0357. The average molecular weight is 1350 g/mol. The number of cyclic esters (lactones) is 1. The van der Waals surface area contributed by atoms with E-state index in [1.165, 1.54) is 56.5 Å². The maximum atomic E-state index is 15.3. The van der Waals surface area contributed by atoms with E-state index in [-0.39, 0.29) is 58.3 Å². The number of likely N-dealkylation sites (N-methyl/N-ethyl adjacent to an activating group) is 1. The Hall–Kier alpha value is -3.38. The number of morpholine rings is 1. The van der Waals surface area contributed by atoms with Crippen LogP contribution in [0.3, 0.4) is 0 Å². The molecule has 5 aliphatic heterocycles. The highest BCUT2D eigenvalue weighted by molar-refractivity contribution is 14.1. The first kappa shape index (κ1) is 68.1. The van der Waals surface area contributed by atoms with E-state index in [2.05, 4.69) is 10.3 Å². The van der Waals surface area contributed by atoms with Crippen LogP contribution in [-0.4, -0.2) is 203 Å². The zero-order valence-corrected chi connectivity index (χ0v) is 54.5. The molecule has 0 saturated carbocycles. The van der Waals surface area contributed by atoms with Gasteiger partial charge in [0.2, 0.25) is 0 Å². The summed E-state index contributed by atoms with van der Waals surface area (Å²) in [6.07, 6.45) is -4.83. The second-order valence-corrected chi connectivity index (χ2v) is 26.5. The number of nitrogens with zero attached hydrogens (tertiary/aromatic N) is 3. The third-order valence-electron chi connectivity index (χ3n) is 17.4. The number of carbonyl (C=O) groups excluding carboxylic acids is 5. The molecule has 6 heterocycles. The fraction of sp³-hybridized carbons (Fsp3) is 0.724. The van der Waals surface area contributed by atoms with Gasteiger partial charge in [-0.15, -0.1) is 11.8 Å². The molecule has 22 nitrogen and oxygen atoms in total. The van der Waals surface area contributed by atoms with E-state index in [9.17, 15) is 24.6 Å². The number of Topliss-reactive ketones (excluding diaryl/α,β-unsaturated/α-hetero) is 1. The van der Waals surface area contributed by atoms with E-state index < -0.39 is 129 Å². The number of thioether (sulfide) groups is 1. The number of hydrogen-bond acceptors (Lipinski definition) is 20. The lowest BCUT2D eigenvalue weighted by atomic mass is 9.72. The quantitative estimate of drug-likeness (QED) is 0.0632. The zero-order chi connectivity index (χ0) is 61.7. The molecule has 0 spiro atoms. The first-order chi connectivity index (χ1) is 39.6. The number of esters is 2. The normalized spacial score (nSPS) is 37.1. The van der Waals surface area contributed by atoms with Crippen molar-refractivity contribution < 1.29 is 86.3 Å². The smallest absolute Gasteiger partial charge is 0.320 e. The van der Waals surface area contributed by atoms with Crippen LogP contribution in [-0.2, 0) is 57.0 Å². The van der Waals surface area contributed by atoms with Crippen LogP contribution in [0.1, 0.15) is 98.4 Å². The molecule has 2 aromatic rings. The first-order valence-corrected chi connectivity index (χ1v) is 31.5. The second-order valence-electron chi connectivity index (χ2n) is 23.3. The lowest BCUT2D eigenvalue weighted by Gasteiger charge is -2.50. The maximum Gasteiger partial charge on any atom is 0.320 e. The van der Waals surface area contributed by atoms with Gasteiger partial charge in [0, 0.05) is 82.4 Å². The van der Waals surface area contributed by atoms with Crippen molar-refractivity contribution in [3.8, 4) is 11.5 Å². The van der Waals surface area contributed by atoms with E-state index in [1.807, 2.05) is 36.4 Å². The fourth-order valence-electron chi connectivity index (χ4n) is 12.4. The number of rotatable bonds is 16. The number of anilines is 1. The van der Waals surface area contributed by atoms with Crippen LogP contribution in [0.4, 0.5) is 10.5 Å². The van der Waals surface area contributed by atoms with Crippen molar-refractivity contribution in [3.63, 3.8) is 0 Å². The number of nitrogens with one attached hydrogen (secondary N) is 1. The Morgan fingerprint density at radius 2 is 1.57 bits per heavy atom. The number of aliphatic hydroxyl groups is 2. The number of urea groups is 1. The lowest BCUT2D eigenvalue weighted by Crippen LogP contribution is -2.62. The predicted octanol–water partition coefficient (Wildman–Crippen LogP) is 7.60. The van der Waals surface area contributed by atoms with Gasteiger partial charge in [0.05, 0.1) is 90.2 Å². The first-order valence-electron chi connectivity index (χ1n) is 28.4. The van der Waals surface area contributed by atoms with Crippen LogP contribution in [0.5, 0.6) is 11.5 Å². The summed E-state index contributed by atoms with van der Waals surface area (Å²) >= 11 is 15.8. The van der Waals surface area contributed by atoms with Gasteiger partial charge in [-0.1, -0.05) is 44.0 Å². The van der Waals surface area contributed by atoms with Crippen LogP contribution in [0.15, 0.2) is 30.6 Å². The molecule has 3 N–H and O–H groups in total. The average Bonchev–Trinajstić information content (AvgIpc) is 2.00. The largest absolute Gasteiger partial charge is 0.493 e. The van der Waals surface area contributed by atoms with Gasteiger partial charge in [0.1, 0.15) is 23.2 Å². The molecule has 0 radical (unpaired) electrons. The van der Waals surface area contributed by atoms with E-state index in [0.717, 1.165) is 0 Å². The lowest BCUT2D eigenvalue weighted by molar-refractivity contribution is -0.318. The number of alkyl halides is 1. The van der Waals surface area contributed by atoms with Gasteiger partial charge in [0.25, 0.3) is 5.91 Å². The molecule has 0 unspecified atom stereocenters. The zero-order valence-electron chi connectivity index (χ0n) is 50.0. The molecule has 1 aromatic carbocycles. The summed E-state index contributed by atoms with van der Waals surface area (Å²) in [6.45, 7) is 17.5. The Bertz CT molecular complexity index is 2630. The van der Waals surface area contributed by atoms with E-state index in [4.69, 9.17) is 75.3 Å². The molecule has 19 atom stereocenters. The van der Waals surface area contributed by atoms with Gasteiger partial charge in [0.15, 0.2) is 33.8 Å². The Morgan fingerprint density at radius 1 is 0.905 bits per heavy atom. The van der Waals surface area contributed by atoms with Gasteiger partial charge >= 0.3 is 18.0 Å². The Kier molecular flexibility index (Phi) is 23.4. The van der Waals surface area contributed by atoms with E-state index in [0.29, 0.717) is 50.6 Å². The molecule has 0 bridgehead atoms. The van der Waals surface area contributed by atoms with Gasteiger partial charge < -0.3 is 77.4 Å². The van der Waals surface area contributed by atoms with Crippen LogP contribution in [0.25, 0.3) is 0 Å². The van der Waals surface area contributed by atoms with Crippen molar-refractivity contribution in [1.29, 1.82) is 0 Å². The van der Waals surface area contributed by atoms with Gasteiger partial charge in [-0.25, -0.2) is 4.79 Å². The summed E-state index contributed by atoms with van der Waals surface area (Å²) in [4.78, 5) is 79.0. The van der Waals surface area contributed by atoms with Crippen molar-refractivity contribution >= 4 is 92.9 Å². The minimum Gasteiger partial charge on any atom is -0.493 e. The molecule has 26 heteroatoms. The number of methoxy groups -OCH3 is 3. The molecule has 0 aliphatic carbocycles.